The summed E-state index contributed by atoms with van der Waals surface area (Å²) in [4.78, 5) is 3.95. The molecule has 66 valence electrons. The molecule has 0 aromatic carbocycles. The highest BCUT2D eigenvalue weighted by molar-refractivity contribution is 6.29. The van der Waals surface area contributed by atoms with Crippen LogP contribution in [0.25, 0.3) is 0 Å². The molecule has 2 nitrogen and oxygen atoms in total. The van der Waals surface area contributed by atoms with Gasteiger partial charge in [-0.3, -0.25) is 0 Å². The van der Waals surface area contributed by atoms with E-state index in [1.54, 1.807) is 12.3 Å². The van der Waals surface area contributed by atoms with Gasteiger partial charge in [0.05, 0.1) is 6.61 Å². The zero-order chi connectivity index (χ0) is 9.19. The normalized spacial score (nSPS) is 11.7. The Kier molecular flexibility index (Phi) is 2.70. The van der Waals surface area contributed by atoms with Crippen molar-refractivity contribution in [3.8, 4) is 0 Å². The van der Waals surface area contributed by atoms with Gasteiger partial charge in [-0.15, -0.1) is 0 Å². The molecule has 1 aromatic heterocycles. The smallest absolute Gasteiger partial charge is 0.129 e. The highest BCUT2D eigenvalue weighted by Gasteiger charge is 2.19. The topological polar surface area (TPSA) is 33.1 Å². The lowest BCUT2D eigenvalue weighted by Gasteiger charge is -2.21. The summed E-state index contributed by atoms with van der Waals surface area (Å²) in [5.41, 5.74) is 0.756. The van der Waals surface area contributed by atoms with Crippen molar-refractivity contribution in [1.29, 1.82) is 0 Å². The van der Waals surface area contributed by atoms with Crippen LogP contribution in [-0.2, 0) is 5.41 Å². The van der Waals surface area contributed by atoms with Crippen molar-refractivity contribution in [1.82, 2.24) is 4.98 Å². The molecule has 12 heavy (non-hydrogen) atoms. The van der Waals surface area contributed by atoms with Crippen LogP contribution in [-0.4, -0.2) is 16.7 Å². The number of aliphatic hydroxyl groups is 1. The number of hydrogen-bond donors (Lipinski definition) is 1. The second kappa shape index (κ2) is 3.42. The Balaban J connectivity index is 2.96. The molecule has 1 rings (SSSR count). The first-order chi connectivity index (χ1) is 5.56. The van der Waals surface area contributed by atoms with Gasteiger partial charge < -0.3 is 5.11 Å². The Bertz CT molecular complexity index is 256. The molecule has 0 fully saturated rings. The van der Waals surface area contributed by atoms with Crippen molar-refractivity contribution in [2.75, 3.05) is 6.61 Å². The van der Waals surface area contributed by atoms with Gasteiger partial charge in [-0.25, -0.2) is 4.98 Å². The number of hydrogen-bond acceptors (Lipinski definition) is 2. The highest BCUT2D eigenvalue weighted by atomic mass is 35.5. The number of aromatic nitrogens is 1. The minimum atomic E-state index is -0.239. The molecule has 0 saturated carbocycles. The summed E-state index contributed by atoms with van der Waals surface area (Å²) in [6, 6.07) is 3.61. The van der Waals surface area contributed by atoms with Crippen molar-refractivity contribution in [2.24, 2.45) is 0 Å². The first-order valence-corrected chi connectivity index (χ1v) is 4.17. The zero-order valence-electron chi connectivity index (χ0n) is 7.21. The van der Waals surface area contributed by atoms with E-state index in [0.29, 0.717) is 5.15 Å². The predicted octanol–water partition coefficient (Wildman–Crippen LogP) is 2.00. The van der Waals surface area contributed by atoms with Crippen LogP contribution in [0.5, 0.6) is 0 Å². The quantitative estimate of drug-likeness (QED) is 0.716. The van der Waals surface area contributed by atoms with E-state index in [1.807, 2.05) is 19.9 Å². The first kappa shape index (κ1) is 9.49. The van der Waals surface area contributed by atoms with Gasteiger partial charge in [0.15, 0.2) is 0 Å². The molecule has 0 bridgehead atoms. The lowest BCUT2D eigenvalue weighted by atomic mass is 9.87. The van der Waals surface area contributed by atoms with Crippen LogP contribution >= 0.6 is 11.6 Å². The Labute approximate surface area is 77.2 Å². The van der Waals surface area contributed by atoms with Gasteiger partial charge in [-0.2, -0.15) is 0 Å². The maximum atomic E-state index is 9.06. The van der Waals surface area contributed by atoms with Crippen molar-refractivity contribution in [3.05, 3.63) is 29.0 Å². The van der Waals surface area contributed by atoms with Crippen LogP contribution < -0.4 is 0 Å². The molecule has 0 saturated heterocycles. The zero-order valence-corrected chi connectivity index (χ0v) is 7.97. The predicted molar refractivity (Wildman–Crippen MR) is 49.4 cm³/mol. The largest absolute Gasteiger partial charge is 0.395 e. The molecular weight excluding hydrogens is 174 g/mol. The van der Waals surface area contributed by atoms with E-state index in [9.17, 15) is 0 Å². The van der Waals surface area contributed by atoms with Gasteiger partial charge in [0.1, 0.15) is 5.15 Å². The third-order valence-electron chi connectivity index (χ3n) is 1.90. The molecule has 0 radical (unpaired) electrons. The molecule has 3 heteroatoms. The fourth-order valence-electron chi connectivity index (χ4n) is 0.867. The second-order valence-electron chi connectivity index (χ2n) is 3.41. The summed E-state index contributed by atoms with van der Waals surface area (Å²) < 4.78 is 0. The van der Waals surface area contributed by atoms with E-state index in [0.717, 1.165) is 5.56 Å². The average molecular weight is 186 g/mol. The van der Waals surface area contributed by atoms with E-state index in [4.69, 9.17) is 16.7 Å². The molecule has 1 aromatic rings. The molecule has 0 amide bonds. The second-order valence-corrected chi connectivity index (χ2v) is 3.80. The third-order valence-corrected chi connectivity index (χ3v) is 2.13. The van der Waals surface area contributed by atoms with E-state index in [2.05, 4.69) is 4.98 Å². The minimum absolute atomic E-state index is 0.107. The summed E-state index contributed by atoms with van der Waals surface area (Å²) in [6.45, 7) is 4.02. The van der Waals surface area contributed by atoms with Crippen LogP contribution in [0.1, 0.15) is 19.4 Å². The van der Waals surface area contributed by atoms with Gasteiger partial charge in [-0.1, -0.05) is 31.5 Å². The van der Waals surface area contributed by atoms with E-state index >= 15 is 0 Å². The van der Waals surface area contributed by atoms with Crippen LogP contribution in [0, 0.1) is 0 Å². The summed E-state index contributed by atoms with van der Waals surface area (Å²) in [7, 11) is 0. The van der Waals surface area contributed by atoms with Crippen molar-refractivity contribution in [3.63, 3.8) is 0 Å². The van der Waals surface area contributed by atoms with Gasteiger partial charge in [0.2, 0.25) is 0 Å². The van der Waals surface area contributed by atoms with Crippen LogP contribution in [0.4, 0.5) is 0 Å². The Morgan fingerprint density at radius 1 is 1.50 bits per heavy atom. The lowest BCUT2D eigenvalue weighted by Crippen LogP contribution is -2.22. The number of rotatable bonds is 2. The van der Waals surface area contributed by atoms with E-state index in [-0.39, 0.29) is 12.0 Å². The molecule has 0 spiro atoms. The molecule has 1 N–H and O–H groups in total. The lowest BCUT2D eigenvalue weighted by molar-refractivity contribution is 0.218. The maximum absolute atomic E-state index is 9.06. The first-order valence-electron chi connectivity index (χ1n) is 3.79. The molecule has 1 heterocycles. The third kappa shape index (κ3) is 1.96. The van der Waals surface area contributed by atoms with Gasteiger partial charge in [0.25, 0.3) is 0 Å². The fraction of sp³-hybridized carbons (Fsp3) is 0.444. The maximum Gasteiger partial charge on any atom is 0.129 e. The molecule has 0 aliphatic heterocycles. The van der Waals surface area contributed by atoms with Crippen LogP contribution in [0.3, 0.4) is 0 Å². The summed E-state index contributed by atoms with van der Waals surface area (Å²) in [5.74, 6) is 0. The standard InChI is InChI=1S/C9H12ClNO/c1-9(2,6-12)7-3-4-8(10)11-5-7/h3-5,12H,6H2,1-2H3. The van der Waals surface area contributed by atoms with Crippen molar-refractivity contribution < 1.29 is 5.11 Å². The summed E-state index contributed by atoms with van der Waals surface area (Å²) >= 11 is 5.63. The van der Waals surface area contributed by atoms with E-state index in [1.165, 1.54) is 0 Å². The number of pyridine rings is 1. The molecule has 0 unspecified atom stereocenters. The average Bonchev–Trinajstić information content (AvgIpc) is 2.05. The molecule has 0 atom stereocenters. The monoisotopic (exact) mass is 185 g/mol. The van der Waals surface area contributed by atoms with E-state index < -0.39 is 0 Å². The summed E-state index contributed by atoms with van der Waals surface area (Å²) in [5, 5.41) is 9.54. The number of nitrogens with zero attached hydrogens (tertiary/aromatic N) is 1. The SMILES string of the molecule is CC(C)(CO)c1ccc(Cl)nc1. The minimum Gasteiger partial charge on any atom is -0.395 e. The number of halogens is 1. The number of aliphatic hydroxyl groups excluding tert-OH is 1. The summed E-state index contributed by atoms with van der Waals surface area (Å²) in [6.07, 6.45) is 1.69. The van der Waals surface area contributed by atoms with Gasteiger partial charge in [-0.05, 0) is 11.6 Å². The van der Waals surface area contributed by atoms with Crippen molar-refractivity contribution in [2.45, 2.75) is 19.3 Å². The van der Waals surface area contributed by atoms with Crippen LogP contribution in [0.2, 0.25) is 5.15 Å². The van der Waals surface area contributed by atoms with Gasteiger partial charge >= 0.3 is 0 Å². The highest BCUT2D eigenvalue weighted by Crippen LogP contribution is 2.22. The molecule has 0 aliphatic rings. The van der Waals surface area contributed by atoms with Crippen LogP contribution in [0.15, 0.2) is 18.3 Å². The Morgan fingerprint density at radius 3 is 2.58 bits per heavy atom. The van der Waals surface area contributed by atoms with Crippen molar-refractivity contribution >= 4 is 11.6 Å². The fourth-order valence-corrected chi connectivity index (χ4v) is 0.979. The van der Waals surface area contributed by atoms with Gasteiger partial charge in [0, 0.05) is 11.6 Å². The Hall–Kier alpha value is -0.600. The Morgan fingerprint density at radius 2 is 2.17 bits per heavy atom. The molecule has 0 aliphatic carbocycles. The molecular formula is C9H12ClNO.